The average molecular weight is 373 g/mol. The number of carbonyl (C=O) groups is 1. The Balaban J connectivity index is 1.87. The maximum absolute atomic E-state index is 11.8. The maximum Gasteiger partial charge on any atom is 0.283 e. The van der Waals surface area contributed by atoms with Crippen molar-refractivity contribution in [1.82, 2.24) is 19.7 Å². The molecule has 0 amide bonds. The van der Waals surface area contributed by atoms with Gasteiger partial charge in [-0.1, -0.05) is 12.1 Å². The van der Waals surface area contributed by atoms with Crippen molar-refractivity contribution >= 4 is 33.2 Å². The van der Waals surface area contributed by atoms with Crippen LogP contribution in [0.4, 0.5) is 5.69 Å². The number of carbonyl (C=O) groups excluding carboxylic acids is 1. The van der Waals surface area contributed by atoms with Gasteiger partial charge in [-0.2, -0.15) is 4.68 Å². The highest BCUT2D eigenvalue weighted by Crippen LogP contribution is 2.40. The lowest BCUT2D eigenvalue weighted by atomic mass is 10.3. The summed E-state index contributed by atoms with van der Waals surface area (Å²) in [7, 11) is 2.32. The SMILES string of the molecule is CC(=O)n1nc(SSc2ccccc2[N+](=O)[O-])nc1-c1cccnc1. The van der Waals surface area contributed by atoms with E-state index < -0.39 is 4.92 Å². The topological polar surface area (TPSA) is 104 Å². The molecule has 0 unspecified atom stereocenters. The summed E-state index contributed by atoms with van der Waals surface area (Å²) in [6, 6.07) is 9.93. The van der Waals surface area contributed by atoms with E-state index in [2.05, 4.69) is 15.1 Å². The van der Waals surface area contributed by atoms with Crippen LogP contribution < -0.4 is 0 Å². The summed E-state index contributed by atoms with van der Waals surface area (Å²) in [6.45, 7) is 1.39. The molecule has 0 aliphatic carbocycles. The summed E-state index contributed by atoms with van der Waals surface area (Å²) < 4.78 is 1.19. The highest BCUT2D eigenvalue weighted by molar-refractivity contribution is 8.76. The van der Waals surface area contributed by atoms with Gasteiger partial charge < -0.3 is 0 Å². The molecule has 126 valence electrons. The normalized spacial score (nSPS) is 10.6. The molecule has 0 bridgehead atoms. The van der Waals surface area contributed by atoms with Crippen molar-refractivity contribution in [2.45, 2.75) is 17.0 Å². The fourth-order valence-corrected chi connectivity index (χ4v) is 3.88. The molecule has 2 heterocycles. The first kappa shape index (κ1) is 17.1. The number of benzene rings is 1. The number of para-hydroxylation sites is 1. The van der Waals surface area contributed by atoms with E-state index in [9.17, 15) is 14.9 Å². The van der Waals surface area contributed by atoms with Crippen LogP contribution in [0.25, 0.3) is 11.4 Å². The van der Waals surface area contributed by atoms with E-state index in [1.165, 1.54) is 28.5 Å². The van der Waals surface area contributed by atoms with Crippen LogP contribution >= 0.6 is 21.6 Å². The van der Waals surface area contributed by atoms with Gasteiger partial charge in [-0.15, -0.1) is 5.10 Å². The molecule has 1 aromatic carbocycles. The summed E-state index contributed by atoms with van der Waals surface area (Å²) >= 11 is 0. The van der Waals surface area contributed by atoms with Crippen LogP contribution in [0, 0.1) is 10.1 Å². The van der Waals surface area contributed by atoms with Crippen LogP contribution in [-0.2, 0) is 0 Å². The molecule has 0 aliphatic heterocycles. The third kappa shape index (κ3) is 3.86. The predicted molar refractivity (Wildman–Crippen MR) is 94.4 cm³/mol. The molecular weight excluding hydrogens is 362 g/mol. The summed E-state index contributed by atoms with van der Waals surface area (Å²) in [6.07, 6.45) is 3.21. The van der Waals surface area contributed by atoms with Crippen LogP contribution in [-0.4, -0.2) is 30.6 Å². The van der Waals surface area contributed by atoms with E-state index in [-0.39, 0.29) is 11.6 Å². The first-order valence-corrected chi connectivity index (χ1v) is 9.17. The molecular formula is C15H11N5O3S2. The quantitative estimate of drug-likeness (QED) is 0.379. The van der Waals surface area contributed by atoms with Crippen molar-refractivity contribution < 1.29 is 9.72 Å². The Morgan fingerprint density at radius 1 is 1.20 bits per heavy atom. The second-order valence-corrected chi connectivity index (χ2v) is 6.92. The zero-order valence-corrected chi connectivity index (χ0v) is 14.5. The minimum atomic E-state index is -0.439. The Hall–Kier alpha value is -2.72. The number of nitrogens with zero attached hydrogens (tertiary/aromatic N) is 5. The van der Waals surface area contributed by atoms with E-state index in [0.29, 0.717) is 21.4 Å². The summed E-state index contributed by atoms with van der Waals surface area (Å²) in [5, 5.41) is 15.6. The van der Waals surface area contributed by atoms with Crippen LogP contribution in [0.3, 0.4) is 0 Å². The Morgan fingerprint density at radius 2 is 2.00 bits per heavy atom. The van der Waals surface area contributed by atoms with E-state index in [1.54, 1.807) is 42.7 Å². The summed E-state index contributed by atoms with van der Waals surface area (Å²) in [5.41, 5.74) is 0.672. The van der Waals surface area contributed by atoms with Gasteiger partial charge in [0.25, 0.3) is 5.69 Å². The van der Waals surface area contributed by atoms with Crippen molar-refractivity contribution in [1.29, 1.82) is 0 Å². The van der Waals surface area contributed by atoms with Gasteiger partial charge in [0.15, 0.2) is 5.82 Å². The van der Waals surface area contributed by atoms with E-state index in [0.717, 1.165) is 10.8 Å². The van der Waals surface area contributed by atoms with Crippen molar-refractivity contribution in [2.75, 3.05) is 0 Å². The molecule has 0 saturated carbocycles. The smallest absolute Gasteiger partial charge is 0.273 e. The van der Waals surface area contributed by atoms with Crippen molar-refractivity contribution in [3.8, 4) is 11.4 Å². The molecule has 0 fully saturated rings. The molecule has 0 radical (unpaired) electrons. The van der Waals surface area contributed by atoms with Crippen LogP contribution in [0.15, 0.2) is 58.8 Å². The first-order valence-electron chi connectivity index (χ1n) is 7.02. The Labute approximate surface area is 150 Å². The van der Waals surface area contributed by atoms with Gasteiger partial charge in [0.2, 0.25) is 11.1 Å². The van der Waals surface area contributed by atoms with E-state index >= 15 is 0 Å². The standard InChI is InChI=1S/C15H11N5O3S2/c1-10(21)19-14(11-5-4-8-16-9-11)17-15(18-19)25-24-13-7-3-2-6-12(13)20(22)23/h2-9H,1H3. The molecule has 0 N–H and O–H groups in total. The second kappa shape index (κ2) is 7.45. The number of aromatic nitrogens is 4. The molecule has 0 spiro atoms. The molecule has 2 aromatic heterocycles. The van der Waals surface area contributed by atoms with Crippen LogP contribution in [0.1, 0.15) is 11.7 Å². The third-order valence-electron chi connectivity index (χ3n) is 3.07. The zero-order valence-electron chi connectivity index (χ0n) is 12.9. The number of pyridine rings is 1. The molecule has 25 heavy (non-hydrogen) atoms. The maximum atomic E-state index is 11.8. The summed E-state index contributed by atoms with van der Waals surface area (Å²) in [5.74, 6) is 0.0974. The van der Waals surface area contributed by atoms with Gasteiger partial charge in [0.05, 0.1) is 9.82 Å². The third-order valence-corrected chi connectivity index (χ3v) is 5.24. The lowest BCUT2D eigenvalue weighted by Crippen LogP contribution is -2.09. The highest BCUT2D eigenvalue weighted by atomic mass is 33.1. The van der Waals surface area contributed by atoms with Crippen molar-refractivity contribution in [3.63, 3.8) is 0 Å². The predicted octanol–water partition coefficient (Wildman–Crippen LogP) is 3.71. The number of hydrogen-bond acceptors (Lipinski definition) is 8. The lowest BCUT2D eigenvalue weighted by Gasteiger charge is -1.99. The van der Waals surface area contributed by atoms with Gasteiger partial charge in [-0.05, 0) is 39.8 Å². The van der Waals surface area contributed by atoms with Gasteiger partial charge >= 0.3 is 0 Å². The Kier molecular flexibility index (Phi) is 5.10. The Bertz CT molecular complexity index is 930. The van der Waals surface area contributed by atoms with E-state index in [4.69, 9.17) is 0 Å². The molecule has 10 heteroatoms. The molecule has 8 nitrogen and oxygen atoms in total. The number of hydrogen-bond donors (Lipinski definition) is 0. The number of nitro benzene ring substituents is 1. The van der Waals surface area contributed by atoms with Gasteiger partial charge in [-0.3, -0.25) is 19.9 Å². The molecule has 3 aromatic rings. The first-order chi connectivity index (χ1) is 12.1. The second-order valence-electron chi connectivity index (χ2n) is 4.78. The monoisotopic (exact) mass is 373 g/mol. The molecule has 3 rings (SSSR count). The minimum absolute atomic E-state index is 0.0125. The van der Waals surface area contributed by atoms with Crippen molar-refractivity contribution in [2.24, 2.45) is 0 Å². The number of rotatable bonds is 5. The summed E-state index contributed by atoms with van der Waals surface area (Å²) in [4.78, 5) is 31.3. The fraction of sp³-hybridized carbons (Fsp3) is 0.0667. The van der Waals surface area contributed by atoms with Crippen LogP contribution in [0.2, 0.25) is 0 Å². The van der Waals surface area contributed by atoms with E-state index in [1.807, 2.05) is 0 Å². The van der Waals surface area contributed by atoms with Crippen molar-refractivity contribution in [3.05, 3.63) is 58.9 Å². The van der Waals surface area contributed by atoms with Gasteiger partial charge in [0.1, 0.15) is 0 Å². The highest BCUT2D eigenvalue weighted by Gasteiger charge is 2.18. The lowest BCUT2D eigenvalue weighted by molar-refractivity contribution is -0.387. The molecule has 0 aliphatic rings. The van der Waals surface area contributed by atoms with Crippen LogP contribution in [0.5, 0.6) is 0 Å². The minimum Gasteiger partial charge on any atom is -0.273 e. The fourth-order valence-electron chi connectivity index (χ4n) is 1.99. The zero-order chi connectivity index (χ0) is 17.8. The van der Waals surface area contributed by atoms with Gasteiger partial charge in [0, 0.05) is 30.9 Å². The largest absolute Gasteiger partial charge is 0.283 e. The Morgan fingerprint density at radius 3 is 2.68 bits per heavy atom. The van der Waals surface area contributed by atoms with Gasteiger partial charge in [-0.25, -0.2) is 4.98 Å². The molecule has 0 atom stereocenters. The number of nitro groups is 1. The average Bonchev–Trinajstić information content (AvgIpc) is 3.05. The molecule has 0 saturated heterocycles.